The van der Waals surface area contributed by atoms with Crippen molar-refractivity contribution in [2.45, 2.75) is 20.0 Å². The predicted octanol–water partition coefficient (Wildman–Crippen LogP) is 3.63. The van der Waals surface area contributed by atoms with Crippen molar-refractivity contribution in [3.63, 3.8) is 0 Å². The van der Waals surface area contributed by atoms with Crippen LogP contribution in [0.5, 0.6) is 17.2 Å². The van der Waals surface area contributed by atoms with Crippen LogP contribution in [0.25, 0.3) is 0 Å². The second kappa shape index (κ2) is 12.5. The molecule has 0 atom stereocenters. The zero-order valence-electron chi connectivity index (χ0n) is 19.3. The van der Waals surface area contributed by atoms with Crippen LogP contribution in [0.4, 0.5) is 0 Å². The van der Waals surface area contributed by atoms with E-state index in [0.29, 0.717) is 23.7 Å². The van der Waals surface area contributed by atoms with Crippen molar-refractivity contribution < 1.29 is 23.7 Å². The molecule has 3 rings (SSSR count). The van der Waals surface area contributed by atoms with Crippen LogP contribution < -0.4 is 14.2 Å². The van der Waals surface area contributed by atoms with Crippen LogP contribution in [-0.4, -0.2) is 69.9 Å². The van der Waals surface area contributed by atoms with E-state index in [1.165, 1.54) is 0 Å². The van der Waals surface area contributed by atoms with Gasteiger partial charge in [-0.1, -0.05) is 18.2 Å². The van der Waals surface area contributed by atoms with Gasteiger partial charge in [-0.25, -0.2) is 4.79 Å². The summed E-state index contributed by atoms with van der Waals surface area (Å²) in [6.45, 7) is 7.63. The van der Waals surface area contributed by atoms with E-state index in [0.717, 1.165) is 56.1 Å². The first kappa shape index (κ1) is 25.8. The minimum absolute atomic E-state index is 0. The molecule has 0 aromatic heterocycles. The molecule has 7 nitrogen and oxygen atoms in total. The Morgan fingerprint density at radius 2 is 1.53 bits per heavy atom. The van der Waals surface area contributed by atoms with Crippen molar-refractivity contribution in [3.8, 4) is 17.2 Å². The Hall–Kier alpha value is -2.48. The van der Waals surface area contributed by atoms with E-state index in [9.17, 15) is 4.79 Å². The fraction of sp³-hybridized carbons (Fsp3) is 0.458. The third-order valence-corrected chi connectivity index (χ3v) is 5.49. The van der Waals surface area contributed by atoms with Crippen molar-refractivity contribution in [2.24, 2.45) is 0 Å². The highest BCUT2D eigenvalue weighted by atomic mass is 35.5. The maximum Gasteiger partial charge on any atom is 0.338 e. The standard InChI is InChI=1S/C24H32N2O5.ClH/c1-5-31-24(27)19-8-6-7-18(15-19)16-25-11-13-26(14-12-25)17-20-9-10-21(28-2)23(30-4)22(20)29-3;/h6-10,15H,5,11-14,16-17H2,1-4H3;1H. The maximum atomic E-state index is 12.0. The minimum atomic E-state index is -0.266. The van der Waals surface area contributed by atoms with Crippen LogP contribution in [0.2, 0.25) is 0 Å². The van der Waals surface area contributed by atoms with Gasteiger partial charge >= 0.3 is 5.97 Å². The molecule has 0 N–H and O–H groups in total. The summed E-state index contributed by atoms with van der Waals surface area (Å²) < 4.78 is 21.6. The number of methoxy groups -OCH3 is 3. The molecule has 1 saturated heterocycles. The van der Waals surface area contributed by atoms with E-state index >= 15 is 0 Å². The smallest absolute Gasteiger partial charge is 0.338 e. The van der Waals surface area contributed by atoms with E-state index in [1.54, 1.807) is 27.4 Å². The van der Waals surface area contributed by atoms with Gasteiger partial charge in [0.2, 0.25) is 5.75 Å². The number of rotatable bonds is 9. The number of halogens is 1. The van der Waals surface area contributed by atoms with E-state index in [-0.39, 0.29) is 18.4 Å². The van der Waals surface area contributed by atoms with Gasteiger partial charge in [0.1, 0.15) is 0 Å². The normalized spacial score (nSPS) is 14.4. The third-order valence-electron chi connectivity index (χ3n) is 5.49. The van der Waals surface area contributed by atoms with Gasteiger partial charge in [-0.3, -0.25) is 9.80 Å². The van der Waals surface area contributed by atoms with E-state index in [4.69, 9.17) is 18.9 Å². The highest BCUT2D eigenvalue weighted by Crippen LogP contribution is 2.40. The molecule has 0 amide bonds. The maximum absolute atomic E-state index is 12.0. The summed E-state index contributed by atoms with van der Waals surface area (Å²) in [7, 11) is 4.90. The van der Waals surface area contributed by atoms with Gasteiger partial charge in [-0.2, -0.15) is 0 Å². The van der Waals surface area contributed by atoms with Crippen LogP contribution in [0, 0.1) is 0 Å². The first-order valence-corrected chi connectivity index (χ1v) is 10.6. The summed E-state index contributed by atoms with van der Waals surface area (Å²) in [5.41, 5.74) is 2.81. The second-order valence-electron chi connectivity index (χ2n) is 7.47. The molecule has 2 aromatic carbocycles. The summed E-state index contributed by atoms with van der Waals surface area (Å²) in [6.07, 6.45) is 0. The number of hydrogen-bond acceptors (Lipinski definition) is 7. The average molecular weight is 465 g/mol. The van der Waals surface area contributed by atoms with Gasteiger partial charge in [0.05, 0.1) is 33.5 Å². The fourth-order valence-electron chi connectivity index (χ4n) is 3.90. The molecule has 0 spiro atoms. The molecule has 0 radical (unpaired) electrons. The molecular formula is C24H33ClN2O5. The Bertz CT molecular complexity index is 885. The third kappa shape index (κ3) is 6.28. The number of ether oxygens (including phenoxy) is 4. The Balaban J connectivity index is 0.00000363. The first-order valence-electron chi connectivity index (χ1n) is 10.6. The zero-order chi connectivity index (χ0) is 22.2. The van der Waals surface area contributed by atoms with Crippen molar-refractivity contribution >= 4 is 18.4 Å². The minimum Gasteiger partial charge on any atom is -0.493 e. The second-order valence-corrected chi connectivity index (χ2v) is 7.47. The van der Waals surface area contributed by atoms with Crippen molar-refractivity contribution in [1.29, 1.82) is 0 Å². The van der Waals surface area contributed by atoms with Crippen LogP contribution in [0.3, 0.4) is 0 Å². The molecule has 8 heteroatoms. The summed E-state index contributed by atoms with van der Waals surface area (Å²) in [5.74, 6) is 1.75. The average Bonchev–Trinajstić information content (AvgIpc) is 2.80. The van der Waals surface area contributed by atoms with Gasteiger partial charge in [-0.15, -0.1) is 12.4 Å². The Labute approximate surface area is 196 Å². The number of nitrogens with zero attached hydrogens (tertiary/aromatic N) is 2. The van der Waals surface area contributed by atoms with Crippen LogP contribution in [0.1, 0.15) is 28.4 Å². The van der Waals surface area contributed by atoms with Gasteiger partial charge in [0.15, 0.2) is 11.5 Å². The van der Waals surface area contributed by atoms with Crippen molar-refractivity contribution in [2.75, 3.05) is 54.1 Å². The monoisotopic (exact) mass is 464 g/mol. The van der Waals surface area contributed by atoms with Crippen LogP contribution >= 0.6 is 12.4 Å². The number of piperazine rings is 1. The van der Waals surface area contributed by atoms with Crippen LogP contribution in [-0.2, 0) is 17.8 Å². The predicted molar refractivity (Wildman–Crippen MR) is 126 cm³/mol. The number of carbonyl (C=O) groups is 1. The van der Waals surface area contributed by atoms with Crippen molar-refractivity contribution in [3.05, 3.63) is 53.1 Å². The molecule has 0 unspecified atom stereocenters. The molecule has 0 bridgehead atoms. The SMILES string of the molecule is CCOC(=O)c1cccc(CN2CCN(Cc3ccc(OC)c(OC)c3OC)CC2)c1.Cl. The molecule has 0 aliphatic carbocycles. The summed E-state index contributed by atoms with van der Waals surface area (Å²) in [6, 6.07) is 11.7. The molecule has 32 heavy (non-hydrogen) atoms. The van der Waals surface area contributed by atoms with Gasteiger partial charge in [-0.05, 0) is 30.7 Å². The molecule has 0 saturated carbocycles. The van der Waals surface area contributed by atoms with E-state index < -0.39 is 0 Å². The fourth-order valence-corrected chi connectivity index (χ4v) is 3.90. The quantitative estimate of drug-likeness (QED) is 0.525. The van der Waals surface area contributed by atoms with Gasteiger partial charge < -0.3 is 18.9 Å². The molecule has 1 aliphatic rings. The molecule has 2 aromatic rings. The highest BCUT2D eigenvalue weighted by molar-refractivity contribution is 5.89. The number of benzene rings is 2. The summed E-state index contributed by atoms with van der Waals surface area (Å²) in [4.78, 5) is 16.8. The van der Waals surface area contributed by atoms with Gasteiger partial charge in [0, 0.05) is 44.8 Å². The first-order chi connectivity index (χ1) is 15.1. The zero-order valence-corrected chi connectivity index (χ0v) is 20.1. The Morgan fingerprint density at radius 1 is 0.875 bits per heavy atom. The summed E-state index contributed by atoms with van der Waals surface area (Å²) in [5, 5.41) is 0. The lowest BCUT2D eigenvalue weighted by Crippen LogP contribution is -2.45. The van der Waals surface area contributed by atoms with E-state index in [1.807, 2.05) is 31.2 Å². The van der Waals surface area contributed by atoms with Crippen LogP contribution in [0.15, 0.2) is 36.4 Å². The van der Waals surface area contributed by atoms with E-state index in [2.05, 4.69) is 15.9 Å². The molecule has 1 heterocycles. The molecule has 1 aliphatic heterocycles. The number of hydrogen-bond donors (Lipinski definition) is 0. The lowest BCUT2D eigenvalue weighted by Gasteiger charge is -2.35. The highest BCUT2D eigenvalue weighted by Gasteiger charge is 2.21. The Kier molecular flexibility index (Phi) is 10.1. The lowest BCUT2D eigenvalue weighted by atomic mass is 10.1. The van der Waals surface area contributed by atoms with Crippen molar-refractivity contribution in [1.82, 2.24) is 9.80 Å². The number of esters is 1. The largest absolute Gasteiger partial charge is 0.493 e. The summed E-state index contributed by atoms with van der Waals surface area (Å²) >= 11 is 0. The lowest BCUT2D eigenvalue weighted by molar-refractivity contribution is 0.0526. The topological polar surface area (TPSA) is 60.5 Å². The molecule has 1 fully saturated rings. The molecule has 176 valence electrons. The molecular weight excluding hydrogens is 432 g/mol. The number of carbonyl (C=O) groups excluding carboxylic acids is 1. The Morgan fingerprint density at radius 3 is 2.12 bits per heavy atom. The van der Waals surface area contributed by atoms with Gasteiger partial charge in [0.25, 0.3) is 0 Å².